The Bertz CT molecular complexity index is 1090. The van der Waals surface area contributed by atoms with Gasteiger partial charge in [0.25, 0.3) is 0 Å². The summed E-state index contributed by atoms with van der Waals surface area (Å²) < 4.78 is 5.33. The number of likely N-dealkylation sites (tertiary alicyclic amines) is 1. The van der Waals surface area contributed by atoms with Crippen molar-refractivity contribution in [1.82, 2.24) is 19.9 Å². The van der Waals surface area contributed by atoms with Crippen molar-refractivity contribution >= 4 is 11.7 Å². The molecule has 1 aromatic carbocycles. The Balaban J connectivity index is 1.51. The molecule has 0 saturated carbocycles. The Hall–Kier alpha value is -3.48. The van der Waals surface area contributed by atoms with E-state index in [2.05, 4.69) is 15.3 Å². The lowest BCUT2D eigenvalue weighted by atomic mass is 9.93. The van der Waals surface area contributed by atoms with Crippen molar-refractivity contribution < 1.29 is 9.53 Å². The lowest BCUT2D eigenvalue weighted by molar-refractivity contribution is -0.131. The number of nitrogens with one attached hydrogen (secondary N) is 1. The summed E-state index contributed by atoms with van der Waals surface area (Å²) in [6, 6.07) is 11.7. The fourth-order valence-electron chi connectivity index (χ4n) is 4.22. The maximum absolute atomic E-state index is 13.1. The van der Waals surface area contributed by atoms with Crippen LogP contribution in [-0.4, -0.2) is 53.0 Å². The van der Waals surface area contributed by atoms with Crippen LogP contribution in [0.2, 0.25) is 0 Å². The highest BCUT2D eigenvalue weighted by Crippen LogP contribution is 2.29. The second-order valence-corrected chi connectivity index (χ2v) is 8.15. The number of hydrogen-bond acceptors (Lipinski definition) is 6. The lowest BCUT2D eigenvalue weighted by Gasteiger charge is -2.33. The summed E-state index contributed by atoms with van der Waals surface area (Å²) in [4.78, 5) is 28.6. The minimum Gasteiger partial charge on any atom is -0.496 e. The van der Waals surface area contributed by atoms with Gasteiger partial charge in [-0.3, -0.25) is 9.78 Å². The highest BCUT2D eigenvalue weighted by atomic mass is 16.5. The number of nitrogens with zero attached hydrogens (tertiary/aromatic N) is 4. The van der Waals surface area contributed by atoms with E-state index in [0.717, 1.165) is 53.3 Å². The van der Waals surface area contributed by atoms with E-state index in [0.29, 0.717) is 18.8 Å². The van der Waals surface area contributed by atoms with E-state index in [1.165, 1.54) is 0 Å². The number of benzene rings is 1. The van der Waals surface area contributed by atoms with Gasteiger partial charge in [-0.1, -0.05) is 12.1 Å². The van der Waals surface area contributed by atoms with Gasteiger partial charge in [-0.05, 0) is 49.1 Å². The second-order valence-electron chi connectivity index (χ2n) is 8.15. The van der Waals surface area contributed by atoms with Crippen molar-refractivity contribution in [2.75, 3.05) is 32.6 Å². The summed E-state index contributed by atoms with van der Waals surface area (Å²) in [6.45, 7) is 3.45. The number of rotatable bonds is 6. The number of pyridine rings is 1. The van der Waals surface area contributed by atoms with Crippen molar-refractivity contribution in [3.63, 3.8) is 0 Å². The molecule has 3 heterocycles. The molecule has 4 rings (SSSR count). The van der Waals surface area contributed by atoms with Crippen LogP contribution in [0.1, 0.15) is 35.6 Å². The minimum absolute atomic E-state index is 0.150. The fourth-order valence-corrected chi connectivity index (χ4v) is 4.22. The number of ether oxygens (including phenoxy) is 1. The van der Waals surface area contributed by atoms with Crippen LogP contribution < -0.4 is 10.1 Å². The molecule has 2 aromatic heterocycles. The molecule has 1 aliphatic heterocycles. The highest BCUT2D eigenvalue weighted by Gasteiger charge is 2.26. The van der Waals surface area contributed by atoms with Crippen molar-refractivity contribution in [3.05, 3.63) is 65.6 Å². The van der Waals surface area contributed by atoms with E-state index in [4.69, 9.17) is 9.72 Å². The van der Waals surface area contributed by atoms with Crippen LogP contribution in [0, 0.1) is 6.92 Å². The van der Waals surface area contributed by atoms with Gasteiger partial charge in [-0.25, -0.2) is 9.97 Å². The number of methoxy groups -OCH3 is 1. The zero-order valence-corrected chi connectivity index (χ0v) is 18.8. The number of piperidine rings is 1. The number of anilines is 1. The van der Waals surface area contributed by atoms with Gasteiger partial charge < -0.3 is 15.0 Å². The third kappa shape index (κ3) is 4.88. The van der Waals surface area contributed by atoms with E-state index in [1.54, 1.807) is 19.5 Å². The number of amides is 1. The smallest absolute Gasteiger partial charge is 0.227 e. The predicted molar refractivity (Wildman–Crippen MR) is 125 cm³/mol. The SMILES string of the molecule is CNc1cc(C2CCCN(C(=O)Cc3ccc(OC)c(C)c3)C2)nc(-c2ccncc2)n1. The molecule has 1 aliphatic rings. The number of aromatic nitrogens is 3. The highest BCUT2D eigenvalue weighted by molar-refractivity contribution is 5.79. The van der Waals surface area contributed by atoms with Gasteiger partial charge in [0, 0.05) is 50.1 Å². The molecule has 1 atom stereocenters. The zero-order valence-electron chi connectivity index (χ0n) is 18.8. The largest absolute Gasteiger partial charge is 0.496 e. The second kappa shape index (κ2) is 9.77. The van der Waals surface area contributed by atoms with Gasteiger partial charge in [0.15, 0.2) is 5.82 Å². The molecule has 1 fully saturated rings. The Morgan fingerprint density at radius 1 is 1.19 bits per heavy atom. The lowest BCUT2D eigenvalue weighted by Crippen LogP contribution is -2.40. The van der Waals surface area contributed by atoms with Gasteiger partial charge in [0.2, 0.25) is 5.91 Å². The minimum atomic E-state index is 0.150. The monoisotopic (exact) mass is 431 g/mol. The van der Waals surface area contributed by atoms with Crippen LogP contribution in [0.4, 0.5) is 5.82 Å². The van der Waals surface area contributed by atoms with E-state index >= 15 is 0 Å². The quantitative estimate of drug-likeness (QED) is 0.639. The van der Waals surface area contributed by atoms with Crippen LogP contribution >= 0.6 is 0 Å². The van der Waals surface area contributed by atoms with E-state index in [1.807, 2.05) is 55.3 Å². The zero-order chi connectivity index (χ0) is 22.5. The molecule has 1 unspecified atom stereocenters. The molecule has 0 bridgehead atoms. The molecule has 7 nitrogen and oxygen atoms in total. The van der Waals surface area contributed by atoms with Gasteiger partial charge in [0.05, 0.1) is 19.2 Å². The van der Waals surface area contributed by atoms with Crippen molar-refractivity contribution in [1.29, 1.82) is 0 Å². The first-order valence-corrected chi connectivity index (χ1v) is 11.0. The Kier molecular flexibility index (Phi) is 6.63. The molecule has 0 aliphatic carbocycles. The molecule has 32 heavy (non-hydrogen) atoms. The predicted octanol–water partition coefficient (Wildman–Crippen LogP) is 3.85. The maximum Gasteiger partial charge on any atom is 0.227 e. The molecule has 3 aromatic rings. The molecule has 1 saturated heterocycles. The number of aryl methyl sites for hydroxylation is 1. The van der Waals surface area contributed by atoms with Gasteiger partial charge in [-0.15, -0.1) is 0 Å². The summed E-state index contributed by atoms with van der Waals surface area (Å²) in [5, 5.41) is 3.14. The third-order valence-corrected chi connectivity index (χ3v) is 5.95. The van der Waals surface area contributed by atoms with Crippen molar-refractivity contribution in [3.8, 4) is 17.1 Å². The average Bonchev–Trinajstić information content (AvgIpc) is 2.84. The molecule has 0 radical (unpaired) electrons. The summed E-state index contributed by atoms with van der Waals surface area (Å²) in [6.07, 6.45) is 5.84. The van der Waals surface area contributed by atoms with E-state index < -0.39 is 0 Å². The van der Waals surface area contributed by atoms with Crippen LogP contribution in [0.3, 0.4) is 0 Å². The first kappa shape index (κ1) is 21.7. The molecular weight excluding hydrogens is 402 g/mol. The summed E-state index contributed by atoms with van der Waals surface area (Å²) in [5.74, 6) is 2.62. The topological polar surface area (TPSA) is 80.2 Å². The number of carbonyl (C=O) groups excluding carboxylic acids is 1. The third-order valence-electron chi connectivity index (χ3n) is 5.95. The molecule has 166 valence electrons. The number of hydrogen-bond donors (Lipinski definition) is 1. The molecule has 1 amide bonds. The molecular formula is C25H29N5O2. The van der Waals surface area contributed by atoms with Crippen LogP contribution in [0.25, 0.3) is 11.4 Å². The van der Waals surface area contributed by atoms with Gasteiger partial charge in [0.1, 0.15) is 11.6 Å². The maximum atomic E-state index is 13.1. The first-order valence-electron chi connectivity index (χ1n) is 11.0. The Morgan fingerprint density at radius 3 is 2.72 bits per heavy atom. The molecule has 1 N–H and O–H groups in total. The van der Waals surface area contributed by atoms with Crippen LogP contribution in [0.5, 0.6) is 5.75 Å². The summed E-state index contributed by atoms with van der Waals surface area (Å²) in [7, 11) is 3.52. The van der Waals surface area contributed by atoms with E-state index in [-0.39, 0.29) is 11.8 Å². The fraction of sp³-hybridized carbons (Fsp3) is 0.360. The molecule has 7 heteroatoms. The first-order chi connectivity index (χ1) is 15.6. The van der Waals surface area contributed by atoms with E-state index in [9.17, 15) is 4.79 Å². The Labute approximate surface area is 188 Å². The van der Waals surface area contributed by atoms with Crippen LogP contribution in [0.15, 0.2) is 48.8 Å². The Morgan fingerprint density at radius 2 is 2.00 bits per heavy atom. The summed E-state index contributed by atoms with van der Waals surface area (Å²) >= 11 is 0. The normalized spacial score (nSPS) is 16.0. The van der Waals surface area contributed by atoms with Gasteiger partial charge >= 0.3 is 0 Å². The summed E-state index contributed by atoms with van der Waals surface area (Å²) in [5.41, 5.74) is 3.94. The van der Waals surface area contributed by atoms with Crippen molar-refractivity contribution in [2.45, 2.75) is 32.1 Å². The standard InChI is InChI=1S/C25H29N5O2/c1-17-13-18(6-7-22(17)32-3)14-24(31)30-12-4-5-20(16-30)21-15-23(26-2)29-25(28-21)19-8-10-27-11-9-19/h6-11,13,15,20H,4-5,12,14,16H2,1-3H3,(H,26,28,29). The molecule has 0 spiro atoms. The van der Waals surface area contributed by atoms with Gasteiger partial charge in [-0.2, -0.15) is 0 Å². The van der Waals surface area contributed by atoms with Crippen LogP contribution in [-0.2, 0) is 11.2 Å². The number of carbonyl (C=O) groups is 1. The van der Waals surface area contributed by atoms with Crippen molar-refractivity contribution in [2.24, 2.45) is 0 Å². The average molecular weight is 432 g/mol.